The second kappa shape index (κ2) is 8.77. The Morgan fingerprint density at radius 2 is 2.00 bits per heavy atom. The van der Waals surface area contributed by atoms with Gasteiger partial charge in [0.1, 0.15) is 0 Å². The predicted octanol–water partition coefficient (Wildman–Crippen LogP) is 2.34. The van der Waals surface area contributed by atoms with Crippen molar-refractivity contribution in [2.75, 3.05) is 24.5 Å². The molecule has 6 heteroatoms. The van der Waals surface area contributed by atoms with E-state index in [9.17, 15) is 9.59 Å². The van der Waals surface area contributed by atoms with Crippen LogP contribution in [0, 0.1) is 0 Å². The second-order valence-corrected chi connectivity index (χ2v) is 6.16. The summed E-state index contributed by atoms with van der Waals surface area (Å²) in [6.45, 7) is 4.14. The third kappa shape index (κ3) is 5.43. The van der Waals surface area contributed by atoms with E-state index < -0.39 is 0 Å². The van der Waals surface area contributed by atoms with E-state index in [1.54, 1.807) is 0 Å². The van der Waals surface area contributed by atoms with Crippen LogP contribution in [-0.2, 0) is 9.59 Å². The van der Waals surface area contributed by atoms with Crippen LogP contribution in [0.25, 0.3) is 0 Å². The Bertz CT molecular complexity index is 550. The number of para-hydroxylation sites is 1. The van der Waals surface area contributed by atoms with Crippen molar-refractivity contribution in [2.45, 2.75) is 38.6 Å². The van der Waals surface area contributed by atoms with Crippen LogP contribution in [-0.4, -0.2) is 37.5 Å². The summed E-state index contributed by atoms with van der Waals surface area (Å²) < 4.78 is 0. The average molecular weight is 338 g/mol. The van der Waals surface area contributed by atoms with Gasteiger partial charge in [-0.15, -0.1) is 0 Å². The molecule has 0 radical (unpaired) electrons. The Kier molecular flexibility index (Phi) is 6.71. The normalized spacial score (nSPS) is 17.7. The molecule has 1 aromatic carbocycles. The molecule has 0 aromatic heterocycles. The zero-order valence-corrected chi connectivity index (χ0v) is 14.2. The summed E-state index contributed by atoms with van der Waals surface area (Å²) in [6, 6.07) is 7.86. The maximum Gasteiger partial charge on any atom is 0.220 e. The highest BCUT2D eigenvalue weighted by molar-refractivity contribution is 6.33. The van der Waals surface area contributed by atoms with Crippen molar-refractivity contribution in [3.63, 3.8) is 0 Å². The number of hydrogen-bond acceptors (Lipinski definition) is 3. The van der Waals surface area contributed by atoms with Gasteiger partial charge in [-0.05, 0) is 31.9 Å². The number of piperidine rings is 1. The first-order chi connectivity index (χ1) is 11.1. The minimum atomic E-state index is -0.0796. The van der Waals surface area contributed by atoms with Gasteiger partial charge in [0.05, 0.1) is 10.7 Å². The molecular weight excluding hydrogens is 314 g/mol. The fourth-order valence-electron chi connectivity index (χ4n) is 2.83. The molecule has 5 nitrogen and oxygen atoms in total. The number of halogens is 1. The fourth-order valence-corrected chi connectivity index (χ4v) is 3.09. The zero-order valence-electron chi connectivity index (χ0n) is 13.5. The van der Waals surface area contributed by atoms with Crippen molar-refractivity contribution < 1.29 is 9.59 Å². The molecule has 2 amide bonds. The fraction of sp³-hybridized carbons (Fsp3) is 0.529. The van der Waals surface area contributed by atoms with E-state index >= 15 is 0 Å². The number of nitrogens with zero attached hydrogens (tertiary/aromatic N) is 1. The van der Waals surface area contributed by atoms with E-state index in [1.165, 1.54) is 0 Å². The van der Waals surface area contributed by atoms with Gasteiger partial charge in [0.15, 0.2) is 0 Å². The van der Waals surface area contributed by atoms with Crippen molar-refractivity contribution in [1.82, 2.24) is 10.6 Å². The van der Waals surface area contributed by atoms with Gasteiger partial charge in [-0.2, -0.15) is 0 Å². The molecule has 1 fully saturated rings. The van der Waals surface area contributed by atoms with E-state index in [-0.39, 0.29) is 30.7 Å². The van der Waals surface area contributed by atoms with Gasteiger partial charge in [-0.25, -0.2) is 0 Å². The number of carbonyl (C=O) groups is 2. The van der Waals surface area contributed by atoms with Crippen LogP contribution in [0.5, 0.6) is 0 Å². The Balaban J connectivity index is 1.83. The van der Waals surface area contributed by atoms with Gasteiger partial charge in [0.2, 0.25) is 11.8 Å². The molecule has 1 aliphatic heterocycles. The molecule has 0 bridgehead atoms. The van der Waals surface area contributed by atoms with E-state index in [1.807, 2.05) is 31.2 Å². The molecule has 0 aliphatic carbocycles. The summed E-state index contributed by atoms with van der Waals surface area (Å²) in [7, 11) is 0. The zero-order chi connectivity index (χ0) is 16.7. The largest absolute Gasteiger partial charge is 0.368 e. The Morgan fingerprint density at radius 1 is 1.26 bits per heavy atom. The minimum absolute atomic E-state index is 0.0674. The van der Waals surface area contributed by atoms with Crippen molar-refractivity contribution in [3.05, 3.63) is 29.3 Å². The van der Waals surface area contributed by atoms with Gasteiger partial charge in [0, 0.05) is 38.5 Å². The second-order valence-electron chi connectivity index (χ2n) is 5.76. The number of anilines is 1. The van der Waals surface area contributed by atoms with Crippen LogP contribution in [0.2, 0.25) is 5.02 Å². The quantitative estimate of drug-likeness (QED) is 0.837. The van der Waals surface area contributed by atoms with Gasteiger partial charge in [-0.3, -0.25) is 9.59 Å². The summed E-state index contributed by atoms with van der Waals surface area (Å²) in [6.07, 6.45) is 2.43. The SMILES string of the molecule is CCNC(=O)CCC(=O)NC1CCCN(c2ccccc2Cl)C1. The molecule has 2 N–H and O–H groups in total. The highest BCUT2D eigenvalue weighted by Gasteiger charge is 2.22. The average Bonchev–Trinajstić information content (AvgIpc) is 2.54. The lowest BCUT2D eigenvalue weighted by molar-refractivity contribution is -0.126. The Morgan fingerprint density at radius 3 is 2.74 bits per heavy atom. The third-order valence-corrected chi connectivity index (χ3v) is 4.25. The van der Waals surface area contributed by atoms with Gasteiger partial charge in [-0.1, -0.05) is 23.7 Å². The Hall–Kier alpha value is -1.75. The molecule has 126 valence electrons. The molecule has 1 heterocycles. The number of carbonyl (C=O) groups excluding carboxylic acids is 2. The maximum atomic E-state index is 12.0. The summed E-state index contributed by atoms with van der Waals surface area (Å²) in [4.78, 5) is 25.6. The van der Waals surface area contributed by atoms with Crippen LogP contribution in [0.3, 0.4) is 0 Å². The van der Waals surface area contributed by atoms with E-state index in [0.29, 0.717) is 6.54 Å². The predicted molar refractivity (Wildman–Crippen MR) is 92.7 cm³/mol. The highest BCUT2D eigenvalue weighted by atomic mass is 35.5. The smallest absolute Gasteiger partial charge is 0.220 e. The van der Waals surface area contributed by atoms with Crippen LogP contribution >= 0.6 is 11.6 Å². The molecule has 1 aromatic rings. The van der Waals surface area contributed by atoms with Crippen molar-refractivity contribution in [1.29, 1.82) is 0 Å². The first-order valence-electron chi connectivity index (χ1n) is 8.15. The molecule has 1 saturated heterocycles. The minimum Gasteiger partial charge on any atom is -0.368 e. The first kappa shape index (κ1) is 17.6. The Labute approximate surface area is 142 Å². The molecule has 0 saturated carbocycles. The van der Waals surface area contributed by atoms with Crippen LogP contribution < -0.4 is 15.5 Å². The number of benzene rings is 1. The number of amides is 2. The van der Waals surface area contributed by atoms with Gasteiger partial charge in [0.25, 0.3) is 0 Å². The first-order valence-corrected chi connectivity index (χ1v) is 8.53. The van der Waals surface area contributed by atoms with Crippen molar-refractivity contribution in [3.8, 4) is 0 Å². The van der Waals surface area contributed by atoms with E-state index in [2.05, 4.69) is 15.5 Å². The lowest BCUT2D eigenvalue weighted by atomic mass is 10.0. The summed E-state index contributed by atoms with van der Waals surface area (Å²) >= 11 is 6.25. The molecule has 2 rings (SSSR count). The topological polar surface area (TPSA) is 61.4 Å². The van der Waals surface area contributed by atoms with Crippen LogP contribution in [0.1, 0.15) is 32.6 Å². The number of hydrogen-bond donors (Lipinski definition) is 2. The molecule has 1 unspecified atom stereocenters. The van der Waals surface area contributed by atoms with Crippen molar-refractivity contribution in [2.24, 2.45) is 0 Å². The lowest BCUT2D eigenvalue weighted by Gasteiger charge is -2.35. The number of rotatable bonds is 6. The molecule has 1 atom stereocenters. The standard InChI is InChI=1S/C17H24ClN3O2/c1-2-19-16(22)9-10-17(23)20-13-6-5-11-21(12-13)15-8-4-3-7-14(15)18/h3-4,7-8,13H,2,5-6,9-12H2,1H3,(H,19,22)(H,20,23). The monoisotopic (exact) mass is 337 g/mol. The van der Waals surface area contributed by atoms with Crippen LogP contribution in [0.4, 0.5) is 5.69 Å². The molecular formula is C17H24ClN3O2. The summed E-state index contributed by atoms with van der Waals surface area (Å²) in [5.41, 5.74) is 1.01. The number of nitrogens with one attached hydrogen (secondary N) is 2. The molecule has 1 aliphatic rings. The van der Waals surface area contributed by atoms with E-state index in [4.69, 9.17) is 11.6 Å². The lowest BCUT2D eigenvalue weighted by Crippen LogP contribution is -2.48. The van der Waals surface area contributed by atoms with Crippen LogP contribution in [0.15, 0.2) is 24.3 Å². The van der Waals surface area contributed by atoms with Gasteiger partial charge < -0.3 is 15.5 Å². The molecule has 23 heavy (non-hydrogen) atoms. The maximum absolute atomic E-state index is 12.0. The molecule has 0 spiro atoms. The van der Waals surface area contributed by atoms with E-state index in [0.717, 1.165) is 36.6 Å². The van der Waals surface area contributed by atoms with Crippen molar-refractivity contribution >= 4 is 29.1 Å². The summed E-state index contributed by atoms with van der Waals surface area (Å²) in [5, 5.41) is 6.46. The third-order valence-electron chi connectivity index (χ3n) is 3.93. The van der Waals surface area contributed by atoms with Gasteiger partial charge >= 0.3 is 0 Å². The highest BCUT2D eigenvalue weighted by Crippen LogP contribution is 2.27. The summed E-state index contributed by atoms with van der Waals surface area (Å²) in [5.74, 6) is -0.147.